The van der Waals surface area contributed by atoms with Gasteiger partial charge in [-0.25, -0.2) is 16.8 Å². The average molecular weight is 298 g/mol. The van der Waals surface area contributed by atoms with Crippen LogP contribution < -0.4 is 0 Å². The van der Waals surface area contributed by atoms with Crippen LogP contribution in [0.4, 0.5) is 0 Å². The van der Waals surface area contributed by atoms with Crippen LogP contribution in [0.15, 0.2) is 0 Å². The van der Waals surface area contributed by atoms with E-state index in [9.17, 15) is 16.8 Å². The van der Waals surface area contributed by atoms with Crippen molar-refractivity contribution < 1.29 is 16.8 Å². The molecule has 108 valence electrons. The van der Waals surface area contributed by atoms with E-state index in [1.165, 1.54) is 8.61 Å². The summed E-state index contributed by atoms with van der Waals surface area (Å²) >= 11 is 0. The van der Waals surface area contributed by atoms with Gasteiger partial charge in [-0.05, 0) is 27.7 Å². The van der Waals surface area contributed by atoms with Crippen molar-refractivity contribution >= 4 is 20.0 Å². The first-order valence-electron chi connectivity index (χ1n) is 6.14. The molecule has 18 heavy (non-hydrogen) atoms. The third-order valence-electron chi connectivity index (χ3n) is 3.32. The Balaban J connectivity index is 2.97. The first-order chi connectivity index (χ1) is 8.15. The topological polar surface area (TPSA) is 74.8 Å². The van der Waals surface area contributed by atoms with Crippen LogP contribution in [-0.4, -0.2) is 62.1 Å². The Kier molecular flexibility index (Phi) is 4.80. The molecule has 8 heteroatoms. The van der Waals surface area contributed by atoms with Crippen molar-refractivity contribution in [3.8, 4) is 0 Å². The summed E-state index contributed by atoms with van der Waals surface area (Å²) in [5.74, 6) is 0.0924. The van der Waals surface area contributed by atoms with Crippen LogP contribution in [0.25, 0.3) is 0 Å². The van der Waals surface area contributed by atoms with E-state index in [2.05, 4.69) is 0 Å². The van der Waals surface area contributed by atoms with Crippen molar-refractivity contribution in [3.05, 3.63) is 0 Å². The zero-order valence-corrected chi connectivity index (χ0v) is 13.0. The minimum Gasteiger partial charge on any atom is -0.212 e. The largest absolute Gasteiger partial charge is 0.214 e. The molecule has 6 nitrogen and oxygen atoms in total. The molecule has 0 aliphatic carbocycles. The number of sulfonamides is 2. The maximum absolute atomic E-state index is 11.9. The standard InChI is InChI=1S/C10H22N2O4S2/c1-5-17(13,14)11-7-10(4)12(8-9(11)3)18(15,16)6-2/h9-10H,5-8H2,1-4H3/t9-,10-/m0/s1. The molecule has 0 aromatic carbocycles. The highest BCUT2D eigenvalue weighted by Gasteiger charge is 2.39. The molecule has 1 fully saturated rings. The highest BCUT2D eigenvalue weighted by molar-refractivity contribution is 7.89. The summed E-state index contributed by atoms with van der Waals surface area (Å²) in [5, 5.41) is 0. The number of nitrogens with zero attached hydrogens (tertiary/aromatic N) is 2. The van der Waals surface area contributed by atoms with Gasteiger partial charge in [0, 0.05) is 25.2 Å². The molecule has 0 radical (unpaired) electrons. The maximum Gasteiger partial charge on any atom is 0.214 e. The monoisotopic (exact) mass is 298 g/mol. The smallest absolute Gasteiger partial charge is 0.212 e. The molecular weight excluding hydrogens is 276 g/mol. The second-order valence-corrected chi connectivity index (χ2v) is 9.06. The Hall–Kier alpha value is -0.180. The fraction of sp³-hybridized carbons (Fsp3) is 1.00. The minimum absolute atomic E-state index is 0.0462. The first-order valence-corrected chi connectivity index (χ1v) is 9.36. The fourth-order valence-corrected chi connectivity index (χ4v) is 4.95. The molecule has 0 N–H and O–H groups in total. The predicted molar refractivity (Wildman–Crippen MR) is 71.3 cm³/mol. The van der Waals surface area contributed by atoms with Gasteiger partial charge in [-0.2, -0.15) is 8.61 Å². The van der Waals surface area contributed by atoms with E-state index in [0.717, 1.165) is 0 Å². The van der Waals surface area contributed by atoms with Gasteiger partial charge in [0.05, 0.1) is 11.5 Å². The normalized spacial score (nSPS) is 28.4. The fourth-order valence-electron chi connectivity index (χ4n) is 2.17. The van der Waals surface area contributed by atoms with Crippen LogP contribution in [0, 0.1) is 0 Å². The number of hydrogen-bond acceptors (Lipinski definition) is 4. The molecule has 2 atom stereocenters. The van der Waals surface area contributed by atoms with Gasteiger partial charge in [0.1, 0.15) is 0 Å². The summed E-state index contributed by atoms with van der Waals surface area (Å²) in [6.45, 7) is 7.16. The summed E-state index contributed by atoms with van der Waals surface area (Å²) in [6.07, 6.45) is 0. The lowest BCUT2D eigenvalue weighted by Crippen LogP contribution is -2.59. The van der Waals surface area contributed by atoms with E-state index in [4.69, 9.17) is 0 Å². The zero-order chi connectivity index (χ0) is 14.1. The molecule has 0 spiro atoms. The average Bonchev–Trinajstić information content (AvgIpc) is 2.31. The Morgan fingerprint density at radius 1 is 0.833 bits per heavy atom. The molecule has 1 rings (SSSR count). The van der Waals surface area contributed by atoms with Gasteiger partial charge in [0.15, 0.2) is 0 Å². The van der Waals surface area contributed by atoms with Crippen molar-refractivity contribution in [1.82, 2.24) is 8.61 Å². The van der Waals surface area contributed by atoms with Crippen LogP contribution in [0.5, 0.6) is 0 Å². The van der Waals surface area contributed by atoms with Gasteiger partial charge >= 0.3 is 0 Å². The van der Waals surface area contributed by atoms with Crippen LogP contribution in [0.1, 0.15) is 27.7 Å². The van der Waals surface area contributed by atoms with E-state index in [0.29, 0.717) is 0 Å². The number of rotatable bonds is 4. The van der Waals surface area contributed by atoms with Crippen LogP contribution >= 0.6 is 0 Å². The highest BCUT2D eigenvalue weighted by atomic mass is 32.2. The molecule has 1 aliphatic rings. The molecule has 1 aliphatic heterocycles. The summed E-state index contributed by atoms with van der Waals surface area (Å²) < 4.78 is 50.4. The Morgan fingerprint density at radius 3 is 1.33 bits per heavy atom. The summed E-state index contributed by atoms with van der Waals surface area (Å²) in [5.41, 5.74) is 0. The van der Waals surface area contributed by atoms with Crippen molar-refractivity contribution in [3.63, 3.8) is 0 Å². The van der Waals surface area contributed by atoms with Crippen molar-refractivity contribution in [2.24, 2.45) is 0 Å². The minimum atomic E-state index is -3.27. The molecule has 0 saturated carbocycles. The van der Waals surface area contributed by atoms with Crippen molar-refractivity contribution in [2.45, 2.75) is 39.8 Å². The van der Waals surface area contributed by atoms with Gasteiger partial charge in [-0.15, -0.1) is 0 Å². The molecule has 0 aromatic heterocycles. The van der Waals surface area contributed by atoms with E-state index >= 15 is 0 Å². The van der Waals surface area contributed by atoms with Gasteiger partial charge < -0.3 is 0 Å². The first kappa shape index (κ1) is 15.9. The molecular formula is C10H22N2O4S2. The SMILES string of the molecule is CCS(=O)(=O)N1C[C@H](C)N(S(=O)(=O)CC)C[C@@H]1C. The lowest BCUT2D eigenvalue weighted by Gasteiger charge is -2.42. The lowest BCUT2D eigenvalue weighted by atomic mass is 10.2. The van der Waals surface area contributed by atoms with E-state index in [-0.39, 0.29) is 36.7 Å². The van der Waals surface area contributed by atoms with Crippen LogP contribution in [-0.2, 0) is 20.0 Å². The second kappa shape index (κ2) is 5.44. The molecule has 1 saturated heterocycles. The summed E-state index contributed by atoms with van der Waals surface area (Å²) in [4.78, 5) is 0. The zero-order valence-electron chi connectivity index (χ0n) is 11.3. The van der Waals surface area contributed by atoms with Gasteiger partial charge in [-0.3, -0.25) is 0 Å². The van der Waals surface area contributed by atoms with E-state index in [1.54, 1.807) is 27.7 Å². The lowest BCUT2D eigenvalue weighted by molar-refractivity contribution is 0.164. The number of hydrogen-bond donors (Lipinski definition) is 0. The third kappa shape index (κ3) is 3.04. The number of piperazine rings is 1. The highest BCUT2D eigenvalue weighted by Crippen LogP contribution is 2.21. The van der Waals surface area contributed by atoms with Gasteiger partial charge in [0.2, 0.25) is 20.0 Å². The Morgan fingerprint density at radius 2 is 1.11 bits per heavy atom. The Labute approximate surface area is 110 Å². The van der Waals surface area contributed by atoms with E-state index in [1.807, 2.05) is 0 Å². The van der Waals surface area contributed by atoms with Crippen molar-refractivity contribution in [2.75, 3.05) is 24.6 Å². The predicted octanol–water partition coefficient (Wildman–Crippen LogP) is 0.0804. The third-order valence-corrected chi connectivity index (χ3v) is 7.22. The molecule has 0 aromatic rings. The quantitative estimate of drug-likeness (QED) is 0.736. The molecule has 0 bridgehead atoms. The van der Waals surface area contributed by atoms with Gasteiger partial charge in [0.25, 0.3) is 0 Å². The summed E-state index contributed by atoms with van der Waals surface area (Å²) in [7, 11) is -6.53. The molecule has 0 unspecified atom stereocenters. The van der Waals surface area contributed by atoms with E-state index < -0.39 is 20.0 Å². The summed E-state index contributed by atoms with van der Waals surface area (Å²) in [6, 6.07) is -0.625. The Bertz CT molecular complexity index is 440. The second-order valence-electron chi connectivity index (χ2n) is 4.64. The maximum atomic E-state index is 11.9. The van der Waals surface area contributed by atoms with Crippen molar-refractivity contribution in [1.29, 1.82) is 0 Å². The molecule has 1 heterocycles. The van der Waals surface area contributed by atoms with Gasteiger partial charge in [-0.1, -0.05) is 0 Å². The van der Waals surface area contributed by atoms with Crippen LogP contribution in [0.3, 0.4) is 0 Å². The van der Waals surface area contributed by atoms with Crippen LogP contribution in [0.2, 0.25) is 0 Å². The molecule has 0 amide bonds.